The number of hydrogen-bond acceptors (Lipinski definition) is 0. The van der Waals surface area contributed by atoms with Gasteiger partial charge in [-0.1, -0.05) is 158 Å². The molecule has 0 bridgehead atoms. The molecule has 0 heteroatoms. The molecule has 0 saturated carbocycles. The summed E-state index contributed by atoms with van der Waals surface area (Å²) in [6, 6.07) is 56.3. The van der Waals surface area contributed by atoms with Crippen LogP contribution in [0.3, 0.4) is 0 Å². The summed E-state index contributed by atoms with van der Waals surface area (Å²) in [4.78, 5) is 0. The van der Waals surface area contributed by atoms with Gasteiger partial charge in [0.25, 0.3) is 0 Å². The van der Waals surface area contributed by atoms with E-state index in [4.69, 9.17) is 0 Å². The summed E-state index contributed by atoms with van der Waals surface area (Å²) >= 11 is 0. The molecule has 0 heterocycles. The Bertz CT molecular complexity index is 1540. The van der Waals surface area contributed by atoms with Crippen molar-refractivity contribution >= 4 is 0 Å². The molecule has 0 unspecified atom stereocenters. The Hall–Kier alpha value is -4.68. The van der Waals surface area contributed by atoms with Gasteiger partial charge in [0, 0.05) is 0 Å². The monoisotopic (exact) mass is 458 g/mol. The third-order valence-electron chi connectivity index (χ3n) is 6.73. The van der Waals surface area contributed by atoms with Crippen molar-refractivity contribution in [3.63, 3.8) is 0 Å². The molecule has 0 aliphatic heterocycles. The van der Waals surface area contributed by atoms with E-state index in [0.717, 1.165) is 0 Å². The first-order chi connectivity index (χ1) is 17.9. The van der Waals surface area contributed by atoms with Crippen LogP contribution in [0.2, 0.25) is 0 Å². The highest BCUT2D eigenvalue weighted by atomic mass is 14.2. The summed E-state index contributed by atoms with van der Waals surface area (Å²) in [5.74, 6) is 0. The third-order valence-corrected chi connectivity index (χ3v) is 6.73. The molecule has 0 aromatic heterocycles. The van der Waals surface area contributed by atoms with E-state index in [9.17, 15) is 0 Å². The standard InChI is InChI=1S/C36H26/c1-4-15-27(16-5-1)30-21-10-11-22-33(30)34-23-12-13-24-35(34)36-31(28-17-6-2-7-18-28)25-14-26-32(36)29-19-8-3-9-20-29/h1-26H. The molecule has 0 fully saturated rings. The molecule has 0 N–H and O–H groups in total. The molecule has 0 spiro atoms. The minimum absolute atomic E-state index is 1.22. The smallest absolute Gasteiger partial charge is 0.00206 e. The summed E-state index contributed by atoms with van der Waals surface area (Å²) in [5, 5.41) is 0. The van der Waals surface area contributed by atoms with Crippen LogP contribution < -0.4 is 0 Å². The van der Waals surface area contributed by atoms with Crippen LogP contribution in [0.1, 0.15) is 0 Å². The molecule has 170 valence electrons. The van der Waals surface area contributed by atoms with Gasteiger partial charge in [-0.25, -0.2) is 0 Å². The van der Waals surface area contributed by atoms with Crippen molar-refractivity contribution in [2.45, 2.75) is 0 Å². The fraction of sp³-hybridized carbons (Fsp3) is 0. The Kier molecular flexibility index (Phi) is 6.00. The van der Waals surface area contributed by atoms with Crippen molar-refractivity contribution in [2.75, 3.05) is 0 Å². The van der Waals surface area contributed by atoms with E-state index >= 15 is 0 Å². The van der Waals surface area contributed by atoms with E-state index in [1.807, 2.05) is 0 Å². The highest BCUT2D eigenvalue weighted by Gasteiger charge is 2.18. The van der Waals surface area contributed by atoms with Crippen molar-refractivity contribution < 1.29 is 0 Å². The lowest BCUT2D eigenvalue weighted by Gasteiger charge is -2.20. The molecular weight excluding hydrogens is 432 g/mol. The first kappa shape index (κ1) is 21.8. The number of hydrogen-bond donors (Lipinski definition) is 0. The predicted octanol–water partition coefficient (Wildman–Crippen LogP) is 10.0. The Morgan fingerprint density at radius 1 is 0.194 bits per heavy atom. The van der Waals surface area contributed by atoms with E-state index in [1.165, 1.54) is 55.6 Å². The van der Waals surface area contributed by atoms with Crippen LogP contribution in [0, 0.1) is 0 Å². The van der Waals surface area contributed by atoms with Gasteiger partial charge >= 0.3 is 0 Å². The lowest BCUT2D eigenvalue weighted by atomic mass is 9.83. The zero-order chi connectivity index (χ0) is 24.2. The van der Waals surface area contributed by atoms with Crippen molar-refractivity contribution in [1.82, 2.24) is 0 Å². The first-order valence-electron chi connectivity index (χ1n) is 12.4. The van der Waals surface area contributed by atoms with Gasteiger partial charge < -0.3 is 0 Å². The maximum Gasteiger partial charge on any atom is -0.00206 e. The van der Waals surface area contributed by atoms with Crippen molar-refractivity contribution in [2.24, 2.45) is 0 Å². The van der Waals surface area contributed by atoms with E-state index in [-0.39, 0.29) is 0 Å². The number of rotatable bonds is 5. The topological polar surface area (TPSA) is 0 Å². The average Bonchev–Trinajstić information content (AvgIpc) is 2.98. The Balaban J connectivity index is 1.66. The van der Waals surface area contributed by atoms with Crippen molar-refractivity contribution in [1.29, 1.82) is 0 Å². The van der Waals surface area contributed by atoms with E-state index in [2.05, 4.69) is 158 Å². The van der Waals surface area contributed by atoms with E-state index in [1.54, 1.807) is 0 Å². The Labute approximate surface area is 213 Å². The molecule has 0 aliphatic rings. The quantitative estimate of drug-likeness (QED) is 0.241. The summed E-state index contributed by atoms with van der Waals surface area (Å²) in [6.07, 6.45) is 0. The van der Waals surface area contributed by atoms with Gasteiger partial charge in [-0.05, 0) is 55.6 Å². The molecule has 36 heavy (non-hydrogen) atoms. The maximum atomic E-state index is 2.27. The second-order valence-corrected chi connectivity index (χ2v) is 8.92. The highest BCUT2D eigenvalue weighted by Crippen LogP contribution is 2.45. The maximum absolute atomic E-state index is 2.27. The van der Waals surface area contributed by atoms with Crippen LogP contribution in [0.4, 0.5) is 0 Å². The minimum Gasteiger partial charge on any atom is -0.0622 e. The second-order valence-electron chi connectivity index (χ2n) is 8.92. The summed E-state index contributed by atoms with van der Waals surface area (Å²) in [5.41, 5.74) is 12.3. The first-order valence-corrected chi connectivity index (χ1v) is 12.4. The van der Waals surface area contributed by atoms with Crippen LogP contribution >= 0.6 is 0 Å². The third kappa shape index (κ3) is 4.15. The average molecular weight is 459 g/mol. The molecule has 0 aliphatic carbocycles. The van der Waals surface area contributed by atoms with Crippen LogP contribution in [0.5, 0.6) is 0 Å². The summed E-state index contributed by atoms with van der Waals surface area (Å²) in [7, 11) is 0. The zero-order valence-corrected chi connectivity index (χ0v) is 20.0. The molecule has 0 saturated heterocycles. The summed E-state index contributed by atoms with van der Waals surface area (Å²) < 4.78 is 0. The van der Waals surface area contributed by atoms with Gasteiger partial charge in [-0.3, -0.25) is 0 Å². The second kappa shape index (κ2) is 9.90. The molecule has 0 nitrogen and oxygen atoms in total. The van der Waals surface area contributed by atoms with Gasteiger partial charge in [0.15, 0.2) is 0 Å². The highest BCUT2D eigenvalue weighted by molar-refractivity contribution is 6.01. The van der Waals surface area contributed by atoms with Crippen LogP contribution in [0.15, 0.2) is 158 Å². The van der Waals surface area contributed by atoms with Gasteiger partial charge in [-0.2, -0.15) is 0 Å². The van der Waals surface area contributed by atoms with Crippen molar-refractivity contribution in [3.8, 4) is 55.6 Å². The minimum atomic E-state index is 1.22. The largest absolute Gasteiger partial charge is 0.0622 e. The zero-order valence-electron chi connectivity index (χ0n) is 20.0. The Morgan fingerprint density at radius 3 is 0.972 bits per heavy atom. The van der Waals surface area contributed by atoms with Crippen LogP contribution in [-0.2, 0) is 0 Å². The van der Waals surface area contributed by atoms with Gasteiger partial charge in [0.2, 0.25) is 0 Å². The van der Waals surface area contributed by atoms with Crippen LogP contribution in [0.25, 0.3) is 55.6 Å². The van der Waals surface area contributed by atoms with Gasteiger partial charge in [-0.15, -0.1) is 0 Å². The Morgan fingerprint density at radius 2 is 0.500 bits per heavy atom. The van der Waals surface area contributed by atoms with E-state index < -0.39 is 0 Å². The molecule has 6 rings (SSSR count). The van der Waals surface area contributed by atoms with Gasteiger partial charge in [0.05, 0.1) is 0 Å². The lowest BCUT2D eigenvalue weighted by Crippen LogP contribution is -1.94. The molecule has 6 aromatic carbocycles. The number of benzene rings is 6. The molecule has 0 amide bonds. The normalized spacial score (nSPS) is 10.8. The molecule has 0 atom stereocenters. The molecule has 0 radical (unpaired) electrons. The van der Waals surface area contributed by atoms with Gasteiger partial charge in [0.1, 0.15) is 0 Å². The lowest BCUT2D eigenvalue weighted by molar-refractivity contribution is 1.54. The fourth-order valence-electron chi connectivity index (χ4n) is 5.08. The summed E-state index contributed by atoms with van der Waals surface area (Å²) in [6.45, 7) is 0. The van der Waals surface area contributed by atoms with Crippen LogP contribution in [-0.4, -0.2) is 0 Å². The molecule has 6 aromatic rings. The van der Waals surface area contributed by atoms with E-state index in [0.29, 0.717) is 0 Å². The fourth-order valence-corrected chi connectivity index (χ4v) is 5.08. The SMILES string of the molecule is c1ccc(-c2ccccc2-c2ccccc2-c2c(-c3ccccc3)cccc2-c2ccccc2)cc1. The predicted molar refractivity (Wildman–Crippen MR) is 154 cm³/mol. The van der Waals surface area contributed by atoms with Crippen molar-refractivity contribution in [3.05, 3.63) is 158 Å². The molecular formula is C36H26.